The Morgan fingerprint density at radius 2 is 1.89 bits per heavy atom. The topological polar surface area (TPSA) is 75.5 Å². The molecule has 0 fully saturated rings. The molecule has 0 saturated carbocycles. The van der Waals surface area contributed by atoms with Gasteiger partial charge in [-0.05, 0) is 24.6 Å². The number of nitrogens with zero attached hydrogens (tertiary/aromatic N) is 3. The van der Waals surface area contributed by atoms with Gasteiger partial charge >= 0.3 is 5.97 Å². The number of rotatable bonds is 7. The van der Waals surface area contributed by atoms with Gasteiger partial charge in [-0.15, -0.1) is 0 Å². The van der Waals surface area contributed by atoms with Gasteiger partial charge in [0.2, 0.25) is 0 Å². The molecule has 0 amide bonds. The largest absolute Gasteiger partial charge is 0.495 e. The van der Waals surface area contributed by atoms with Crippen molar-refractivity contribution in [3.8, 4) is 17.3 Å². The zero-order chi connectivity index (χ0) is 20.1. The number of pyridine rings is 1. The summed E-state index contributed by atoms with van der Waals surface area (Å²) in [5.74, 6) is -0.972. The van der Waals surface area contributed by atoms with Crippen LogP contribution in [0.15, 0.2) is 42.9 Å². The van der Waals surface area contributed by atoms with Gasteiger partial charge < -0.3 is 14.2 Å². The highest BCUT2D eigenvalue weighted by molar-refractivity contribution is 5.88. The van der Waals surface area contributed by atoms with E-state index in [1.807, 2.05) is 0 Å². The van der Waals surface area contributed by atoms with Gasteiger partial charge in [0, 0.05) is 18.3 Å². The Morgan fingerprint density at radius 1 is 1.14 bits per heavy atom. The lowest BCUT2D eigenvalue weighted by Crippen LogP contribution is -2.06. The van der Waals surface area contributed by atoms with Crippen LogP contribution in [0.5, 0.6) is 11.5 Å². The van der Waals surface area contributed by atoms with E-state index in [1.165, 1.54) is 42.5 Å². The molecule has 9 heteroatoms. The van der Waals surface area contributed by atoms with Crippen LogP contribution < -0.4 is 9.47 Å². The van der Waals surface area contributed by atoms with Crippen molar-refractivity contribution in [2.75, 3.05) is 13.7 Å². The van der Waals surface area contributed by atoms with E-state index in [2.05, 4.69) is 10.1 Å². The van der Waals surface area contributed by atoms with E-state index in [0.717, 1.165) is 6.07 Å². The van der Waals surface area contributed by atoms with Crippen LogP contribution in [0.4, 0.5) is 8.78 Å². The van der Waals surface area contributed by atoms with Crippen molar-refractivity contribution in [3.05, 3.63) is 65.6 Å². The molecule has 0 radical (unpaired) electrons. The minimum absolute atomic E-state index is 0.109. The number of benzene rings is 1. The van der Waals surface area contributed by atoms with Gasteiger partial charge in [0.05, 0.1) is 31.7 Å². The SMILES string of the molecule is CCOC(=O)c1cnn(-c2ncc(OC)cc2OCc2cc(F)cc(F)c2)c1. The third-order valence-corrected chi connectivity index (χ3v) is 3.67. The standard InChI is InChI=1S/C19H17F2N3O4/c1-3-27-19(25)13-8-23-24(10-13)18-17(7-16(26-2)9-22-18)28-11-12-4-14(20)6-15(21)5-12/h4-10H,3,11H2,1-2H3. The maximum atomic E-state index is 13.4. The van der Waals surface area contributed by atoms with Crippen molar-refractivity contribution in [2.45, 2.75) is 13.5 Å². The van der Waals surface area contributed by atoms with Crippen molar-refractivity contribution in [1.29, 1.82) is 0 Å². The predicted molar refractivity (Wildman–Crippen MR) is 94.6 cm³/mol. The molecule has 0 spiro atoms. The molecule has 2 heterocycles. The number of hydrogen-bond donors (Lipinski definition) is 0. The Hall–Kier alpha value is -3.49. The molecule has 0 aliphatic carbocycles. The van der Waals surface area contributed by atoms with Gasteiger partial charge in [0.15, 0.2) is 11.6 Å². The Kier molecular flexibility index (Phi) is 5.83. The number of esters is 1. The van der Waals surface area contributed by atoms with Crippen molar-refractivity contribution < 1.29 is 27.8 Å². The van der Waals surface area contributed by atoms with Crippen LogP contribution in [-0.2, 0) is 11.3 Å². The lowest BCUT2D eigenvalue weighted by molar-refractivity contribution is 0.0526. The van der Waals surface area contributed by atoms with Crippen LogP contribution >= 0.6 is 0 Å². The summed E-state index contributed by atoms with van der Waals surface area (Å²) in [6.45, 7) is 1.83. The van der Waals surface area contributed by atoms with Crippen LogP contribution in [0.2, 0.25) is 0 Å². The van der Waals surface area contributed by atoms with Crippen LogP contribution in [0, 0.1) is 11.6 Å². The molecule has 0 atom stereocenters. The van der Waals surface area contributed by atoms with E-state index in [9.17, 15) is 13.6 Å². The van der Waals surface area contributed by atoms with Gasteiger partial charge in [0.1, 0.15) is 24.0 Å². The maximum absolute atomic E-state index is 13.4. The fourth-order valence-corrected chi connectivity index (χ4v) is 2.42. The molecule has 7 nitrogen and oxygen atoms in total. The molecular weight excluding hydrogens is 372 g/mol. The second kappa shape index (κ2) is 8.47. The lowest BCUT2D eigenvalue weighted by atomic mass is 10.2. The van der Waals surface area contributed by atoms with E-state index >= 15 is 0 Å². The third kappa shape index (κ3) is 4.43. The molecule has 2 aromatic heterocycles. The van der Waals surface area contributed by atoms with Crippen molar-refractivity contribution in [1.82, 2.24) is 14.8 Å². The first-order valence-corrected chi connectivity index (χ1v) is 8.34. The van der Waals surface area contributed by atoms with E-state index < -0.39 is 17.6 Å². The van der Waals surface area contributed by atoms with Gasteiger partial charge in [0.25, 0.3) is 0 Å². The molecule has 1 aromatic carbocycles. The third-order valence-electron chi connectivity index (χ3n) is 3.67. The first kappa shape index (κ1) is 19.3. The molecule has 146 valence electrons. The molecule has 0 aliphatic heterocycles. The monoisotopic (exact) mass is 389 g/mol. The fraction of sp³-hybridized carbons (Fsp3) is 0.211. The van der Waals surface area contributed by atoms with Gasteiger partial charge in [-0.3, -0.25) is 0 Å². The number of hydrogen-bond acceptors (Lipinski definition) is 6. The van der Waals surface area contributed by atoms with Gasteiger partial charge in [-0.2, -0.15) is 5.10 Å². The number of ether oxygens (including phenoxy) is 3. The highest BCUT2D eigenvalue weighted by Gasteiger charge is 2.15. The lowest BCUT2D eigenvalue weighted by Gasteiger charge is -2.12. The number of aromatic nitrogens is 3. The average Bonchev–Trinajstić information content (AvgIpc) is 3.15. The molecule has 0 saturated heterocycles. The second-order valence-electron chi connectivity index (χ2n) is 5.66. The van der Waals surface area contributed by atoms with E-state index in [0.29, 0.717) is 11.3 Å². The summed E-state index contributed by atoms with van der Waals surface area (Å²) >= 11 is 0. The molecule has 28 heavy (non-hydrogen) atoms. The highest BCUT2D eigenvalue weighted by atomic mass is 19.1. The smallest absolute Gasteiger partial charge is 0.341 e. The van der Waals surface area contributed by atoms with Crippen LogP contribution in [0.1, 0.15) is 22.8 Å². The quantitative estimate of drug-likeness (QED) is 0.577. The Bertz CT molecular complexity index is 971. The van der Waals surface area contributed by atoms with Crippen LogP contribution in [-0.4, -0.2) is 34.5 Å². The molecular formula is C19H17F2N3O4. The van der Waals surface area contributed by atoms with Crippen molar-refractivity contribution in [3.63, 3.8) is 0 Å². The van der Waals surface area contributed by atoms with Gasteiger partial charge in [-0.25, -0.2) is 23.2 Å². The fourth-order valence-electron chi connectivity index (χ4n) is 2.42. The van der Waals surface area contributed by atoms with E-state index in [1.54, 1.807) is 13.0 Å². The number of carbonyl (C=O) groups excluding carboxylic acids is 1. The summed E-state index contributed by atoms with van der Waals surface area (Å²) in [4.78, 5) is 16.1. The van der Waals surface area contributed by atoms with E-state index in [4.69, 9.17) is 14.2 Å². The second-order valence-corrected chi connectivity index (χ2v) is 5.66. The van der Waals surface area contributed by atoms with Gasteiger partial charge in [-0.1, -0.05) is 0 Å². The Balaban J connectivity index is 1.89. The maximum Gasteiger partial charge on any atom is 0.341 e. The minimum atomic E-state index is -0.700. The Labute approximate surface area is 159 Å². The molecule has 0 unspecified atom stereocenters. The Morgan fingerprint density at radius 3 is 2.57 bits per heavy atom. The zero-order valence-electron chi connectivity index (χ0n) is 15.2. The van der Waals surface area contributed by atoms with E-state index in [-0.39, 0.29) is 30.3 Å². The number of halogens is 2. The van der Waals surface area contributed by atoms with Crippen molar-refractivity contribution in [2.24, 2.45) is 0 Å². The normalized spacial score (nSPS) is 10.6. The summed E-state index contributed by atoms with van der Waals surface area (Å²) < 4.78 is 43.9. The summed E-state index contributed by atoms with van der Waals surface area (Å²) in [6, 6.07) is 4.68. The van der Waals surface area contributed by atoms with Crippen molar-refractivity contribution >= 4 is 5.97 Å². The molecule has 3 aromatic rings. The predicted octanol–water partition coefficient (Wildman–Crippen LogP) is 3.31. The molecule has 0 bridgehead atoms. The summed E-state index contributed by atoms with van der Waals surface area (Å²) in [5, 5.41) is 4.10. The molecule has 3 rings (SSSR count). The summed E-state index contributed by atoms with van der Waals surface area (Å²) in [7, 11) is 1.47. The number of methoxy groups -OCH3 is 1. The van der Waals surface area contributed by atoms with Crippen LogP contribution in [0.25, 0.3) is 5.82 Å². The summed E-state index contributed by atoms with van der Waals surface area (Å²) in [6.07, 6.45) is 4.24. The number of carbonyl (C=O) groups is 1. The van der Waals surface area contributed by atoms with Crippen LogP contribution in [0.3, 0.4) is 0 Å². The first-order chi connectivity index (χ1) is 13.5. The summed E-state index contributed by atoms with van der Waals surface area (Å²) in [5.41, 5.74) is 0.552. The average molecular weight is 389 g/mol. The zero-order valence-corrected chi connectivity index (χ0v) is 15.2. The molecule has 0 aliphatic rings. The molecule has 0 N–H and O–H groups in total. The minimum Gasteiger partial charge on any atom is -0.495 e. The first-order valence-electron chi connectivity index (χ1n) is 8.34. The highest BCUT2D eigenvalue weighted by Crippen LogP contribution is 2.26.